The third-order valence-corrected chi connectivity index (χ3v) is 5.47. The van der Waals surface area contributed by atoms with E-state index in [2.05, 4.69) is 20.5 Å². The maximum Gasteiger partial charge on any atom is 0.252 e. The highest BCUT2D eigenvalue weighted by atomic mass is 16.5. The van der Waals surface area contributed by atoms with Crippen molar-refractivity contribution in [2.45, 2.75) is 6.42 Å². The minimum Gasteiger partial charge on any atom is -0.501 e. The fraction of sp³-hybridized carbons (Fsp3) is 0.125. The number of pyridine rings is 1. The lowest BCUT2D eigenvalue weighted by atomic mass is 9.90. The molecule has 0 saturated carbocycles. The number of methoxy groups -OCH3 is 1. The number of aromatic nitrogens is 3. The van der Waals surface area contributed by atoms with E-state index in [4.69, 9.17) is 4.74 Å². The number of H-pyrrole nitrogens is 1. The van der Waals surface area contributed by atoms with Gasteiger partial charge in [0.25, 0.3) is 5.91 Å². The average molecular weight is 396 g/mol. The number of hydrogen-bond donors (Lipinski definition) is 2. The Balaban J connectivity index is 1.44. The molecule has 1 aromatic carbocycles. The van der Waals surface area contributed by atoms with Crippen LogP contribution in [0.5, 0.6) is 0 Å². The van der Waals surface area contributed by atoms with Crippen molar-refractivity contribution in [3.05, 3.63) is 88.7 Å². The number of amides is 1. The Bertz CT molecular complexity index is 1250. The van der Waals surface area contributed by atoms with Crippen LogP contribution in [0.2, 0.25) is 0 Å². The number of allylic oxidation sites excluding steroid dienone is 4. The highest BCUT2D eigenvalue weighted by Gasteiger charge is 2.35. The van der Waals surface area contributed by atoms with Crippen molar-refractivity contribution in [3.8, 4) is 0 Å². The number of fused-ring (bicyclic) bond motifs is 2. The van der Waals surface area contributed by atoms with Crippen molar-refractivity contribution in [2.75, 3.05) is 7.11 Å². The molecular weight excluding hydrogens is 376 g/mol. The third-order valence-electron chi connectivity index (χ3n) is 5.47. The number of hydrogen-bond acceptors (Lipinski definition) is 4. The summed E-state index contributed by atoms with van der Waals surface area (Å²) in [6.07, 6.45) is 14.0. The zero-order chi connectivity index (χ0) is 20.5. The number of carbonyl (C=O) groups is 1. The van der Waals surface area contributed by atoms with Crippen molar-refractivity contribution in [1.29, 1.82) is 0 Å². The summed E-state index contributed by atoms with van der Waals surface area (Å²) in [5, 5.41) is 11.5. The number of rotatable bonds is 4. The molecule has 1 aliphatic heterocycles. The van der Waals surface area contributed by atoms with Crippen molar-refractivity contribution in [2.24, 2.45) is 5.92 Å². The van der Waals surface area contributed by atoms with Crippen molar-refractivity contribution in [3.63, 3.8) is 0 Å². The van der Waals surface area contributed by atoms with Crippen LogP contribution in [0.1, 0.15) is 23.2 Å². The topological polar surface area (TPSA) is 79.9 Å². The zero-order valence-electron chi connectivity index (χ0n) is 16.4. The number of carbonyl (C=O) groups excluding carboxylic acids is 1. The molecule has 1 aliphatic carbocycles. The van der Waals surface area contributed by atoms with Crippen molar-refractivity contribution in [1.82, 2.24) is 20.5 Å². The highest BCUT2D eigenvalue weighted by molar-refractivity contribution is 6.03. The molecule has 1 unspecified atom stereocenters. The van der Waals surface area contributed by atoms with Gasteiger partial charge in [0, 0.05) is 41.4 Å². The van der Waals surface area contributed by atoms with Crippen LogP contribution in [0.4, 0.5) is 0 Å². The predicted octanol–water partition coefficient (Wildman–Crippen LogP) is 4.08. The van der Waals surface area contributed by atoms with E-state index in [0.717, 1.165) is 44.8 Å². The van der Waals surface area contributed by atoms with Crippen LogP contribution in [0.25, 0.3) is 29.1 Å². The van der Waals surface area contributed by atoms with Crippen molar-refractivity contribution < 1.29 is 9.53 Å². The van der Waals surface area contributed by atoms with Crippen LogP contribution < -0.4 is 5.32 Å². The molecule has 148 valence electrons. The molecule has 0 bridgehead atoms. The van der Waals surface area contributed by atoms with Gasteiger partial charge in [-0.1, -0.05) is 12.1 Å². The van der Waals surface area contributed by atoms with Gasteiger partial charge in [-0.25, -0.2) is 0 Å². The molecule has 2 aromatic heterocycles. The Morgan fingerprint density at radius 1 is 1.10 bits per heavy atom. The quantitative estimate of drug-likeness (QED) is 0.652. The molecule has 5 rings (SSSR count). The molecule has 2 aliphatic rings. The molecule has 2 N–H and O–H groups in total. The second-order valence-corrected chi connectivity index (χ2v) is 7.30. The Kier molecular flexibility index (Phi) is 4.52. The summed E-state index contributed by atoms with van der Waals surface area (Å²) in [5.74, 6) is 0.831. The number of ether oxygens (including phenoxy) is 1. The van der Waals surface area contributed by atoms with E-state index in [9.17, 15) is 4.79 Å². The summed E-state index contributed by atoms with van der Waals surface area (Å²) in [7, 11) is 1.66. The Hall–Kier alpha value is -3.93. The predicted molar refractivity (Wildman–Crippen MR) is 117 cm³/mol. The molecule has 0 spiro atoms. The van der Waals surface area contributed by atoms with Crippen LogP contribution in [0.3, 0.4) is 0 Å². The summed E-state index contributed by atoms with van der Waals surface area (Å²) >= 11 is 0. The van der Waals surface area contributed by atoms with E-state index in [0.29, 0.717) is 6.42 Å². The Morgan fingerprint density at radius 3 is 2.80 bits per heavy atom. The molecule has 1 atom stereocenters. The fourth-order valence-electron chi connectivity index (χ4n) is 3.87. The normalized spacial score (nSPS) is 19.7. The summed E-state index contributed by atoms with van der Waals surface area (Å²) in [6, 6.07) is 9.95. The van der Waals surface area contributed by atoms with Gasteiger partial charge in [-0.05, 0) is 59.7 Å². The molecule has 30 heavy (non-hydrogen) atoms. The van der Waals surface area contributed by atoms with Gasteiger partial charge in [-0.15, -0.1) is 0 Å². The Labute approximate surface area is 173 Å². The summed E-state index contributed by atoms with van der Waals surface area (Å²) in [6.45, 7) is 0. The molecule has 6 heteroatoms. The fourth-order valence-corrected chi connectivity index (χ4v) is 3.87. The number of nitrogens with one attached hydrogen (secondary N) is 2. The lowest BCUT2D eigenvalue weighted by Crippen LogP contribution is -2.14. The number of benzene rings is 1. The maximum absolute atomic E-state index is 12.5. The SMILES string of the molecule is COC1=CC=C2NC(=O)/C(=C/c3ccc4c(/C=C/c5ccncc5)n[nH]c4c3)C2C1. The standard InChI is InChI=1S/C24H20N4O2/c1-30-17-4-7-21-19(14-17)20(24(29)26-21)12-16-2-5-18-22(27-28-23(18)13-16)6-3-15-8-10-25-11-9-15/h2-13,19H,14H2,1H3,(H,26,29)(H,27,28)/b6-3+,20-12+. The smallest absolute Gasteiger partial charge is 0.252 e. The molecule has 1 amide bonds. The van der Waals surface area contributed by atoms with Crippen LogP contribution in [0.15, 0.2) is 71.9 Å². The van der Waals surface area contributed by atoms with Crippen LogP contribution >= 0.6 is 0 Å². The molecule has 0 radical (unpaired) electrons. The van der Waals surface area contributed by atoms with Crippen molar-refractivity contribution >= 4 is 35.0 Å². The van der Waals surface area contributed by atoms with Gasteiger partial charge in [0.1, 0.15) is 0 Å². The molecule has 3 heterocycles. The van der Waals surface area contributed by atoms with E-state index in [1.54, 1.807) is 19.5 Å². The van der Waals surface area contributed by atoms with E-state index in [1.165, 1.54) is 0 Å². The van der Waals surface area contributed by atoms with Gasteiger partial charge in [0.15, 0.2) is 0 Å². The highest BCUT2D eigenvalue weighted by Crippen LogP contribution is 2.36. The lowest BCUT2D eigenvalue weighted by Gasteiger charge is -2.17. The minimum atomic E-state index is -0.0531. The largest absolute Gasteiger partial charge is 0.501 e. The monoisotopic (exact) mass is 396 g/mol. The van der Waals surface area contributed by atoms with Crippen LogP contribution in [0, 0.1) is 5.92 Å². The van der Waals surface area contributed by atoms with Gasteiger partial charge < -0.3 is 10.1 Å². The molecule has 3 aromatic rings. The second-order valence-electron chi connectivity index (χ2n) is 7.30. The van der Waals surface area contributed by atoms with Gasteiger partial charge >= 0.3 is 0 Å². The summed E-state index contributed by atoms with van der Waals surface area (Å²) < 4.78 is 5.38. The zero-order valence-corrected chi connectivity index (χ0v) is 16.4. The van der Waals surface area contributed by atoms with Gasteiger partial charge in [0.05, 0.1) is 24.1 Å². The summed E-state index contributed by atoms with van der Waals surface area (Å²) in [5.41, 5.74) is 5.49. The molecule has 1 fully saturated rings. The van der Waals surface area contributed by atoms with Crippen LogP contribution in [-0.4, -0.2) is 28.2 Å². The Morgan fingerprint density at radius 2 is 1.97 bits per heavy atom. The first-order valence-electron chi connectivity index (χ1n) is 9.75. The van der Waals surface area contributed by atoms with Gasteiger partial charge in [0.2, 0.25) is 0 Å². The summed E-state index contributed by atoms with van der Waals surface area (Å²) in [4.78, 5) is 16.5. The number of aromatic amines is 1. The first-order valence-corrected chi connectivity index (χ1v) is 9.75. The van der Waals surface area contributed by atoms with E-state index < -0.39 is 0 Å². The molecule has 1 saturated heterocycles. The molecule has 6 nitrogen and oxygen atoms in total. The van der Waals surface area contributed by atoms with E-state index in [-0.39, 0.29) is 11.8 Å². The van der Waals surface area contributed by atoms with Gasteiger partial charge in [-0.3, -0.25) is 14.9 Å². The average Bonchev–Trinajstić information content (AvgIpc) is 3.32. The third kappa shape index (κ3) is 3.33. The first kappa shape index (κ1) is 18.1. The number of nitrogens with zero attached hydrogens (tertiary/aromatic N) is 2. The minimum absolute atomic E-state index is 0.00812. The second kappa shape index (κ2) is 7.48. The lowest BCUT2D eigenvalue weighted by molar-refractivity contribution is -0.115. The first-order chi connectivity index (χ1) is 14.7. The van der Waals surface area contributed by atoms with Gasteiger partial charge in [-0.2, -0.15) is 5.10 Å². The molecular formula is C24H20N4O2. The maximum atomic E-state index is 12.5. The van der Waals surface area contributed by atoms with E-state index >= 15 is 0 Å². The van der Waals surface area contributed by atoms with E-state index in [1.807, 2.05) is 60.7 Å². The van der Waals surface area contributed by atoms with Crippen LogP contribution in [-0.2, 0) is 9.53 Å².